The zero-order valence-electron chi connectivity index (χ0n) is 18.8. The Morgan fingerprint density at radius 2 is 1.85 bits per heavy atom. The van der Waals surface area contributed by atoms with Gasteiger partial charge in [-0.3, -0.25) is 4.79 Å². The predicted octanol–water partition coefficient (Wildman–Crippen LogP) is 3.27. The number of allylic oxidation sites excluding steroid dienone is 1. The van der Waals surface area contributed by atoms with Gasteiger partial charge in [0, 0.05) is 27.9 Å². The summed E-state index contributed by atoms with van der Waals surface area (Å²) in [6, 6.07) is 12.0. The molecule has 1 unspecified atom stereocenters. The molecule has 9 heteroatoms. The quantitative estimate of drug-likeness (QED) is 0.343. The molecule has 1 aliphatic heterocycles. The molecule has 4 rings (SSSR count). The second kappa shape index (κ2) is 9.07. The highest BCUT2D eigenvalue weighted by Crippen LogP contribution is 2.34. The number of aryl methyl sites for hydroxylation is 1. The number of amides is 3. The molecule has 2 aromatic carbocycles. The minimum Gasteiger partial charge on any atom is -0.493 e. The van der Waals surface area contributed by atoms with Crippen LogP contribution in [0.2, 0.25) is 0 Å². The molecule has 33 heavy (non-hydrogen) atoms. The van der Waals surface area contributed by atoms with Gasteiger partial charge in [-0.05, 0) is 37.6 Å². The maximum Gasteiger partial charge on any atom is 0.319 e. The van der Waals surface area contributed by atoms with Crippen molar-refractivity contribution >= 4 is 29.1 Å². The Bertz CT molecular complexity index is 1290. The van der Waals surface area contributed by atoms with Gasteiger partial charge >= 0.3 is 6.03 Å². The average Bonchev–Trinajstić information content (AvgIpc) is 3.13. The zero-order valence-corrected chi connectivity index (χ0v) is 18.8. The number of hydrogen-bond acceptors (Lipinski definition) is 5. The van der Waals surface area contributed by atoms with E-state index in [1.54, 1.807) is 38.4 Å². The molecule has 0 radical (unpaired) electrons. The highest BCUT2D eigenvalue weighted by molar-refractivity contribution is 6.02. The fourth-order valence-electron chi connectivity index (χ4n) is 3.96. The molecule has 1 aliphatic rings. The number of H-pyrrole nitrogens is 1. The van der Waals surface area contributed by atoms with Crippen LogP contribution in [0.4, 0.5) is 4.79 Å². The van der Waals surface area contributed by atoms with Crippen LogP contribution in [0.25, 0.3) is 10.9 Å². The molecule has 4 N–H and O–H groups in total. The highest BCUT2D eigenvalue weighted by atomic mass is 16.5. The maximum atomic E-state index is 13.1. The van der Waals surface area contributed by atoms with Crippen molar-refractivity contribution in [2.75, 3.05) is 14.2 Å². The number of benzene rings is 2. The van der Waals surface area contributed by atoms with Crippen molar-refractivity contribution in [3.8, 4) is 11.5 Å². The van der Waals surface area contributed by atoms with Gasteiger partial charge in [-0.1, -0.05) is 24.3 Å². The van der Waals surface area contributed by atoms with Crippen molar-refractivity contribution in [2.24, 2.45) is 5.10 Å². The van der Waals surface area contributed by atoms with Crippen LogP contribution in [0.1, 0.15) is 29.8 Å². The van der Waals surface area contributed by atoms with Crippen LogP contribution >= 0.6 is 0 Å². The van der Waals surface area contributed by atoms with Crippen LogP contribution in [0.3, 0.4) is 0 Å². The number of carbonyl (C=O) groups is 2. The van der Waals surface area contributed by atoms with E-state index in [1.807, 2.05) is 31.2 Å². The summed E-state index contributed by atoms with van der Waals surface area (Å²) in [5.41, 5.74) is 6.87. The first-order chi connectivity index (χ1) is 15.9. The van der Waals surface area contributed by atoms with Crippen LogP contribution in [-0.2, 0) is 4.79 Å². The van der Waals surface area contributed by atoms with E-state index in [4.69, 9.17) is 9.47 Å². The Morgan fingerprint density at radius 1 is 1.09 bits per heavy atom. The Labute approximate surface area is 190 Å². The molecule has 1 aromatic heterocycles. The largest absolute Gasteiger partial charge is 0.493 e. The SMILES string of the molecule is COc1ccc(C2NC(=O)NC(C)=C2C(=O)N/N=C/c2c(C)[nH]c3ccccc23)cc1OC. The number of carbonyl (C=O) groups excluding carboxylic acids is 2. The number of ether oxygens (including phenoxy) is 2. The Morgan fingerprint density at radius 3 is 2.61 bits per heavy atom. The third-order valence-corrected chi connectivity index (χ3v) is 5.56. The van der Waals surface area contributed by atoms with Crippen LogP contribution in [-0.4, -0.2) is 37.4 Å². The van der Waals surface area contributed by atoms with E-state index in [2.05, 4.69) is 26.1 Å². The minimum atomic E-state index is -0.691. The molecule has 170 valence electrons. The van der Waals surface area contributed by atoms with E-state index in [0.29, 0.717) is 28.3 Å². The van der Waals surface area contributed by atoms with Gasteiger partial charge in [-0.25, -0.2) is 10.2 Å². The number of fused-ring (bicyclic) bond motifs is 1. The maximum absolute atomic E-state index is 13.1. The van der Waals surface area contributed by atoms with E-state index in [-0.39, 0.29) is 0 Å². The van der Waals surface area contributed by atoms with Gasteiger partial charge in [-0.15, -0.1) is 0 Å². The topological polar surface area (TPSA) is 117 Å². The molecule has 0 fully saturated rings. The van der Waals surface area contributed by atoms with Crippen molar-refractivity contribution in [3.05, 3.63) is 70.6 Å². The number of nitrogens with one attached hydrogen (secondary N) is 4. The van der Waals surface area contributed by atoms with Gasteiger partial charge in [0.05, 0.1) is 32.0 Å². The molecule has 2 heterocycles. The number of methoxy groups -OCH3 is 2. The number of urea groups is 1. The Kier molecular flexibility index (Phi) is 6.03. The molecule has 0 aliphatic carbocycles. The lowest BCUT2D eigenvalue weighted by Gasteiger charge is -2.28. The number of para-hydroxylation sites is 1. The molecule has 0 saturated heterocycles. The number of hydrogen-bond donors (Lipinski definition) is 4. The summed E-state index contributed by atoms with van der Waals surface area (Å²) in [7, 11) is 3.07. The minimum absolute atomic E-state index is 0.342. The number of nitrogens with zero attached hydrogens (tertiary/aromatic N) is 1. The van der Waals surface area contributed by atoms with E-state index in [9.17, 15) is 9.59 Å². The molecule has 0 bridgehead atoms. The first-order valence-corrected chi connectivity index (χ1v) is 10.3. The van der Waals surface area contributed by atoms with Crippen LogP contribution in [0.5, 0.6) is 11.5 Å². The van der Waals surface area contributed by atoms with Crippen molar-refractivity contribution in [2.45, 2.75) is 19.9 Å². The first-order valence-electron chi connectivity index (χ1n) is 10.3. The smallest absolute Gasteiger partial charge is 0.319 e. The molecule has 0 saturated carbocycles. The van der Waals surface area contributed by atoms with E-state index >= 15 is 0 Å². The number of hydrazone groups is 1. The normalized spacial score (nSPS) is 16.0. The highest BCUT2D eigenvalue weighted by Gasteiger charge is 2.31. The lowest BCUT2D eigenvalue weighted by atomic mass is 9.94. The summed E-state index contributed by atoms with van der Waals surface area (Å²) in [6.07, 6.45) is 1.61. The number of rotatable bonds is 6. The summed E-state index contributed by atoms with van der Waals surface area (Å²) < 4.78 is 10.7. The monoisotopic (exact) mass is 447 g/mol. The molecular weight excluding hydrogens is 422 g/mol. The molecule has 3 amide bonds. The van der Waals surface area contributed by atoms with Gasteiger partial charge in [0.25, 0.3) is 5.91 Å². The van der Waals surface area contributed by atoms with Crippen molar-refractivity contribution in [3.63, 3.8) is 0 Å². The van der Waals surface area contributed by atoms with Crippen molar-refractivity contribution in [1.82, 2.24) is 21.0 Å². The first kappa shape index (κ1) is 21.9. The summed E-state index contributed by atoms with van der Waals surface area (Å²) >= 11 is 0. The summed E-state index contributed by atoms with van der Waals surface area (Å²) in [5, 5.41) is 10.6. The standard InChI is InChI=1S/C24H25N5O4/c1-13-17(16-7-5-6-8-18(16)26-13)12-25-29-23(30)21-14(2)27-24(31)28-22(21)15-9-10-19(32-3)20(11-15)33-4/h5-12,22,26H,1-4H3,(H,29,30)(H2,27,28,31)/b25-12+. The van der Waals surface area contributed by atoms with Gasteiger partial charge < -0.3 is 25.1 Å². The number of aromatic nitrogens is 1. The Hall–Kier alpha value is -4.27. The van der Waals surface area contributed by atoms with E-state index in [1.165, 1.54) is 7.11 Å². The second-order valence-electron chi connectivity index (χ2n) is 7.59. The third kappa shape index (κ3) is 4.25. The summed E-state index contributed by atoms with van der Waals surface area (Å²) in [4.78, 5) is 28.6. The predicted molar refractivity (Wildman–Crippen MR) is 125 cm³/mol. The van der Waals surface area contributed by atoms with Gasteiger partial charge in [-0.2, -0.15) is 5.10 Å². The average molecular weight is 447 g/mol. The molecular formula is C24H25N5O4. The van der Waals surface area contributed by atoms with Crippen LogP contribution in [0.15, 0.2) is 58.8 Å². The molecule has 3 aromatic rings. The second-order valence-corrected chi connectivity index (χ2v) is 7.59. The molecule has 0 spiro atoms. The summed E-state index contributed by atoms with van der Waals surface area (Å²) in [6.45, 7) is 3.62. The van der Waals surface area contributed by atoms with Gasteiger partial charge in [0.15, 0.2) is 11.5 Å². The Balaban J connectivity index is 1.61. The van der Waals surface area contributed by atoms with Crippen LogP contribution in [0, 0.1) is 6.92 Å². The lowest BCUT2D eigenvalue weighted by Crippen LogP contribution is -2.46. The molecule has 9 nitrogen and oxygen atoms in total. The van der Waals surface area contributed by atoms with Crippen LogP contribution < -0.4 is 25.5 Å². The van der Waals surface area contributed by atoms with Crippen molar-refractivity contribution < 1.29 is 19.1 Å². The lowest BCUT2D eigenvalue weighted by molar-refractivity contribution is -0.117. The van der Waals surface area contributed by atoms with Gasteiger partial charge in [0.1, 0.15) is 0 Å². The van der Waals surface area contributed by atoms with Crippen molar-refractivity contribution in [1.29, 1.82) is 0 Å². The van der Waals surface area contributed by atoms with E-state index < -0.39 is 18.0 Å². The summed E-state index contributed by atoms with van der Waals surface area (Å²) in [5.74, 6) is 0.605. The number of aromatic amines is 1. The zero-order chi connectivity index (χ0) is 23.5. The fraction of sp³-hybridized carbons (Fsp3) is 0.208. The fourth-order valence-corrected chi connectivity index (χ4v) is 3.96. The third-order valence-electron chi connectivity index (χ3n) is 5.56. The van der Waals surface area contributed by atoms with Gasteiger partial charge in [0.2, 0.25) is 0 Å². The molecule has 1 atom stereocenters. The van der Waals surface area contributed by atoms with E-state index in [0.717, 1.165) is 22.2 Å².